The Balaban J connectivity index is 1.76. The average Bonchev–Trinajstić information content (AvgIpc) is 3.17. The van der Waals surface area contributed by atoms with Crippen LogP contribution in [0, 0.1) is 13.8 Å². The molecular weight excluding hydrogens is 419 g/mol. The van der Waals surface area contributed by atoms with Gasteiger partial charge in [0.2, 0.25) is 5.82 Å². The van der Waals surface area contributed by atoms with Gasteiger partial charge >= 0.3 is 0 Å². The van der Waals surface area contributed by atoms with Crippen LogP contribution in [-0.2, 0) is 0 Å². The maximum Gasteiger partial charge on any atom is 0.295 e. The number of carbonyl (C=O) groups excluding carboxylic acids is 1. The van der Waals surface area contributed by atoms with Crippen LogP contribution in [0.2, 0.25) is 10.0 Å². The van der Waals surface area contributed by atoms with Gasteiger partial charge in [0.15, 0.2) is 5.82 Å². The first-order chi connectivity index (χ1) is 14.4. The average molecular weight is 437 g/mol. The number of aromatic nitrogens is 3. The number of aryl methyl sites for hydroxylation is 2. The first kappa shape index (κ1) is 20.1. The molecule has 1 heterocycles. The summed E-state index contributed by atoms with van der Waals surface area (Å²) in [6.07, 6.45) is 0. The third kappa shape index (κ3) is 4.22. The molecule has 3 aromatic carbocycles. The molecule has 0 fully saturated rings. The number of amides is 1. The summed E-state index contributed by atoms with van der Waals surface area (Å²) in [7, 11) is 0. The zero-order valence-corrected chi connectivity index (χ0v) is 17.9. The maximum atomic E-state index is 12.9. The van der Waals surface area contributed by atoms with Gasteiger partial charge in [-0.25, -0.2) is 9.67 Å². The lowest BCUT2D eigenvalue weighted by atomic mass is 10.2. The van der Waals surface area contributed by atoms with E-state index >= 15 is 0 Å². The van der Waals surface area contributed by atoms with Crippen molar-refractivity contribution in [3.05, 3.63) is 93.7 Å². The monoisotopic (exact) mass is 436 g/mol. The molecular formula is C23H18Cl2N4O. The van der Waals surface area contributed by atoms with Gasteiger partial charge in [0, 0.05) is 21.3 Å². The molecule has 30 heavy (non-hydrogen) atoms. The molecule has 5 nitrogen and oxygen atoms in total. The summed E-state index contributed by atoms with van der Waals surface area (Å²) in [6.45, 7) is 3.90. The summed E-state index contributed by atoms with van der Waals surface area (Å²) >= 11 is 12.1. The molecule has 4 aromatic rings. The number of anilines is 1. The summed E-state index contributed by atoms with van der Waals surface area (Å²) in [5.74, 6) is 0.185. The van der Waals surface area contributed by atoms with Crippen LogP contribution in [0.25, 0.3) is 17.1 Å². The van der Waals surface area contributed by atoms with E-state index in [1.54, 1.807) is 28.9 Å². The van der Waals surface area contributed by atoms with Crippen molar-refractivity contribution in [2.75, 3.05) is 5.32 Å². The normalized spacial score (nSPS) is 10.8. The van der Waals surface area contributed by atoms with Gasteiger partial charge in [-0.05, 0) is 67.9 Å². The highest BCUT2D eigenvalue weighted by Gasteiger charge is 2.19. The van der Waals surface area contributed by atoms with Gasteiger partial charge in [-0.2, -0.15) is 0 Å². The molecule has 1 N–H and O–H groups in total. The molecule has 0 aliphatic rings. The summed E-state index contributed by atoms with van der Waals surface area (Å²) in [6, 6.07) is 20.4. The minimum absolute atomic E-state index is 0.0555. The molecule has 0 aliphatic carbocycles. The quantitative estimate of drug-likeness (QED) is 0.419. The molecule has 1 amide bonds. The summed E-state index contributed by atoms with van der Waals surface area (Å²) in [5.41, 5.74) is 4.23. The van der Waals surface area contributed by atoms with E-state index in [9.17, 15) is 4.79 Å². The van der Waals surface area contributed by atoms with Crippen molar-refractivity contribution in [2.45, 2.75) is 13.8 Å². The van der Waals surface area contributed by atoms with E-state index in [2.05, 4.69) is 15.4 Å². The highest BCUT2D eigenvalue weighted by Crippen LogP contribution is 2.25. The lowest BCUT2D eigenvalue weighted by molar-refractivity contribution is 0.101. The Morgan fingerprint density at radius 3 is 2.27 bits per heavy atom. The zero-order valence-electron chi connectivity index (χ0n) is 16.4. The van der Waals surface area contributed by atoms with E-state index in [0.717, 1.165) is 22.4 Å². The number of hydrogen-bond donors (Lipinski definition) is 1. The van der Waals surface area contributed by atoms with Gasteiger partial charge in [-0.3, -0.25) is 4.79 Å². The Bertz CT molecular complexity index is 1150. The first-order valence-corrected chi connectivity index (χ1v) is 10.0. The summed E-state index contributed by atoms with van der Waals surface area (Å²) in [4.78, 5) is 17.4. The molecule has 150 valence electrons. The van der Waals surface area contributed by atoms with Gasteiger partial charge < -0.3 is 5.32 Å². The number of carbonyl (C=O) groups is 1. The third-order valence-corrected chi connectivity index (χ3v) is 5.13. The molecule has 0 atom stereocenters. The molecule has 0 saturated heterocycles. The minimum atomic E-state index is -0.415. The molecule has 0 aliphatic heterocycles. The predicted molar refractivity (Wildman–Crippen MR) is 121 cm³/mol. The number of nitrogens with one attached hydrogen (secondary N) is 1. The largest absolute Gasteiger partial charge is 0.319 e. The van der Waals surface area contributed by atoms with E-state index in [0.29, 0.717) is 21.6 Å². The first-order valence-electron chi connectivity index (χ1n) is 9.28. The molecule has 0 bridgehead atoms. The van der Waals surface area contributed by atoms with E-state index in [-0.39, 0.29) is 5.82 Å². The Labute approximate surface area is 184 Å². The fourth-order valence-electron chi connectivity index (χ4n) is 2.97. The molecule has 4 rings (SSSR count). The van der Waals surface area contributed by atoms with E-state index in [1.165, 1.54) is 0 Å². The number of halogens is 2. The fraction of sp³-hybridized carbons (Fsp3) is 0.0870. The van der Waals surface area contributed by atoms with Crippen molar-refractivity contribution in [1.29, 1.82) is 0 Å². The van der Waals surface area contributed by atoms with Crippen LogP contribution in [0.5, 0.6) is 0 Å². The Morgan fingerprint density at radius 2 is 1.57 bits per heavy atom. The number of nitrogens with zero attached hydrogens (tertiary/aromatic N) is 3. The highest BCUT2D eigenvalue weighted by atomic mass is 35.5. The summed E-state index contributed by atoms with van der Waals surface area (Å²) < 4.78 is 1.66. The van der Waals surface area contributed by atoms with Crippen LogP contribution in [0.1, 0.15) is 21.7 Å². The van der Waals surface area contributed by atoms with Crippen molar-refractivity contribution in [3.63, 3.8) is 0 Å². The molecule has 0 unspecified atom stereocenters. The Hall–Kier alpha value is -3.15. The zero-order chi connectivity index (χ0) is 21.3. The van der Waals surface area contributed by atoms with Gasteiger partial charge in [0.1, 0.15) is 0 Å². The van der Waals surface area contributed by atoms with Crippen LogP contribution in [0.15, 0.2) is 66.7 Å². The van der Waals surface area contributed by atoms with Crippen molar-refractivity contribution in [1.82, 2.24) is 14.8 Å². The molecule has 0 radical (unpaired) electrons. The second-order valence-corrected chi connectivity index (χ2v) is 7.80. The Kier molecular flexibility index (Phi) is 5.57. The molecule has 7 heteroatoms. The minimum Gasteiger partial charge on any atom is -0.319 e. The molecule has 0 spiro atoms. The number of benzene rings is 3. The maximum absolute atomic E-state index is 12.9. The third-order valence-electron chi connectivity index (χ3n) is 4.64. The van der Waals surface area contributed by atoms with E-state index < -0.39 is 5.91 Å². The van der Waals surface area contributed by atoms with Crippen LogP contribution in [-0.4, -0.2) is 20.7 Å². The standard InChI is InChI=1S/C23H18Cl2N4O/c1-14-3-11-19(12-4-14)29-22(16-6-9-17(24)10-7-16)27-21(28-29)23(30)26-20-13-18(25)8-5-15(20)2/h3-13H,1-2H3,(H,26,30). The fourth-order valence-corrected chi connectivity index (χ4v) is 3.27. The van der Waals surface area contributed by atoms with Gasteiger partial charge in [0.05, 0.1) is 5.69 Å². The second kappa shape index (κ2) is 8.30. The van der Waals surface area contributed by atoms with Crippen LogP contribution < -0.4 is 5.32 Å². The summed E-state index contributed by atoms with van der Waals surface area (Å²) in [5, 5.41) is 8.49. The Morgan fingerprint density at radius 1 is 0.900 bits per heavy atom. The molecule has 1 aromatic heterocycles. The lowest BCUT2D eigenvalue weighted by Crippen LogP contribution is -2.15. The van der Waals surface area contributed by atoms with Gasteiger partial charge in [-0.15, -0.1) is 5.10 Å². The van der Waals surface area contributed by atoms with Crippen molar-refractivity contribution >= 4 is 34.8 Å². The highest BCUT2D eigenvalue weighted by molar-refractivity contribution is 6.31. The van der Waals surface area contributed by atoms with Gasteiger partial charge in [0.25, 0.3) is 5.91 Å². The second-order valence-electron chi connectivity index (χ2n) is 6.93. The smallest absolute Gasteiger partial charge is 0.295 e. The van der Waals surface area contributed by atoms with Gasteiger partial charge in [-0.1, -0.05) is 47.0 Å². The van der Waals surface area contributed by atoms with E-state index in [4.69, 9.17) is 23.2 Å². The molecule has 0 saturated carbocycles. The topological polar surface area (TPSA) is 59.8 Å². The SMILES string of the molecule is Cc1ccc(-n2nc(C(=O)Nc3cc(Cl)ccc3C)nc2-c2ccc(Cl)cc2)cc1. The van der Waals surface area contributed by atoms with Crippen molar-refractivity contribution in [2.24, 2.45) is 0 Å². The van der Waals surface area contributed by atoms with Crippen LogP contribution in [0.4, 0.5) is 5.69 Å². The predicted octanol–water partition coefficient (Wildman–Crippen LogP) is 6.11. The van der Waals surface area contributed by atoms with E-state index in [1.807, 2.05) is 56.3 Å². The lowest BCUT2D eigenvalue weighted by Gasteiger charge is -2.07. The number of hydrogen-bond acceptors (Lipinski definition) is 3. The van der Waals surface area contributed by atoms with Crippen molar-refractivity contribution < 1.29 is 4.79 Å². The van der Waals surface area contributed by atoms with Crippen LogP contribution in [0.3, 0.4) is 0 Å². The van der Waals surface area contributed by atoms with Crippen LogP contribution >= 0.6 is 23.2 Å². The number of rotatable bonds is 4. The van der Waals surface area contributed by atoms with Crippen molar-refractivity contribution in [3.8, 4) is 17.1 Å².